The molecule has 27 heavy (non-hydrogen) atoms. The van der Waals surface area contributed by atoms with Crippen LogP contribution >= 0.6 is 11.6 Å². The minimum atomic E-state index is -0.586. The van der Waals surface area contributed by atoms with Crippen LogP contribution in [0.3, 0.4) is 0 Å². The molecular weight excluding hydrogens is 370 g/mol. The van der Waals surface area contributed by atoms with Gasteiger partial charge in [0.15, 0.2) is 0 Å². The van der Waals surface area contributed by atoms with Crippen LogP contribution in [-0.4, -0.2) is 28.5 Å². The zero-order valence-electron chi connectivity index (χ0n) is 14.4. The molecule has 0 saturated carbocycles. The number of ether oxygens (including phenoxy) is 1. The lowest BCUT2D eigenvalue weighted by Gasteiger charge is -2.11. The summed E-state index contributed by atoms with van der Waals surface area (Å²) in [7, 11) is 1.25. The van der Waals surface area contributed by atoms with E-state index >= 15 is 0 Å². The van der Waals surface area contributed by atoms with Crippen LogP contribution in [-0.2, 0) is 16.1 Å². The van der Waals surface area contributed by atoms with Gasteiger partial charge >= 0.3 is 5.97 Å². The van der Waals surface area contributed by atoms with Crippen molar-refractivity contribution in [2.45, 2.75) is 13.0 Å². The molecule has 0 fully saturated rings. The van der Waals surface area contributed by atoms with Crippen molar-refractivity contribution in [1.82, 2.24) is 9.55 Å². The maximum atomic E-state index is 12.4. The molecule has 0 spiro atoms. The van der Waals surface area contributed by atoms with Gasteiger partial charge < -0.3 is 10.1 Å². The maximum absolute atomic E-state index is 12.4. The molecule has 7 nitrogen and oxygen atoms in total. The van der Waals surface area contributed by atoms with E-state index in [1.54, 1.807) is 24.3 Å². The van der Waals surface area contributed by atoms with Gasteiger partial charge in [0.25, 0.3) is 5.56 Å². The van der Waals surface area contributed by atoms with Gasteiger partial charge in [-0.2, -0.15) is 0 Å². The predicted molar refractivity (Wildman–Crippen MR) is 102 cm³/mol. The molecule has 0 aliphatic heterocycles. The van der Waals surface area contributed by atoms with Crippen LogP contribution in [0.25, 0.3) is 10.9 Å². The van der Waals surface area contributed by atoms with E-state index in [4.69, 9.17) is 16.3 Å². The fourth-order valence-electron chi connectivity index (χ4n) is 2.61. The zero-order valence-corrected chi connectivity index (χ0v) is 15.2. The number of amides is 1. The summed E-state index contributed by atoms with van der Waals surface area (Å²) in [5, 5.41) is 3.49. The molecule has 2 aromatic carbocycles. The Labute approximate surface area is 159 Å². The molecule has 0 atom stereocenters. The SMILES string of the molecule is COC(=O)c1ccc(Cl)cc1NC(=O)CCn1cnc2ccccc2c1=O. The molecule has 0 aliphatic rings. The van der Waals surface area contributed by atoms with Crippen molar-refractivity contribution >= 4 is 40.1 Å². The van der Waals surface area contributed by atoms with E-state index < -0.39 is 5.97 Å². The number of carbonyl (C=O) groups excluding carboxylic acids is 2. The average Bonchev–Trinajstić information content (AvgIpc) is 2.67. The Balaban J connectivity index is 1.74. The summed E-state index contributed by atoms with van der Waals surface area (Å²) in [5.74, 6) is -0.959. The quantitative estimate of drug-likeness (QED) is 0.682. The summed E-state index contributed by atoms with van der Waals surface area (Å²) < 4.78 is 6.07. The third-order valence-electron chi connectivity index (χ3n) is 3.97. The van der Waals surface area contributed by atoms with Crippen LogP contribution in [0.5, 0.6) is 0 Å². The molecule has 0 radical (unpaired) electrons. The zero-order chi connectivity index (χ0) is 19.4. The Morgan fingerprint density at radius 3 is 2.78 bits per heavy atom. The molecule has 3 rings (SSSR count). The van der Waals surface area contributed by atoms with Crippen molar-refractivity contribution in [2.75, 3.05) is 12.4 Å². The van der Waals surface area contributed by atoms with Crippen molar-refractivity contribution in [1.29, 1.82) is 0 Å². The number of carbonyl (C=O) groups is 2. The Morgan fingerprint density at radius 1 is 1.22 bits per heavy atom. The van der Waals surface area contributed by atoms with Crippen molar-refractivity contribution in [2.24, 2.45) is 0 Å². The fourth-order valence-corrected chi connectivity index (χ4v) is 2.78. The van der Waals surface area contributed by atoms with Crippen molar-refractivity contribution in [3.05, 3.63) is 69.7 Å². The molecule has 138 valence electrons. The summed E-state index contributed by atoms with van der Waals surface area (Å²) in [6.07, 6.45) is 1.43. The molecule has 1 amide bonds. The molecule has 1 aromatic heterocycles. The van der Waals surface area contributed by atoms with Crippen LogP contribution in [0.15, 0.2) is 53.6 Å². The Hall–Kier alpha value is -3.19. The molecule has 1 N–H and O–H groups in total. The number of aromatic nitrogens is 2. The number of para-hydroxylation sites is 1. The van der Waals surface area contributed by atoms with Gasteiger partial charge in [-0.1, -0.05) is 23.7 Å². The van der Waals surface area contributed by atoms with Gasteiger partial charge in [0.2, 0.25) is 5.91 Å². The first kappa shape index (κ1) is 18.6. The molecule has 1 heterocycles. The number of rotatable bonds is 5. The van der Waals surface area contributed by atoms with E-state index in [0.717, 1.165) is 0 Å². The van der Waals surface area contributed by atoms with Crippen LogP contribution in [0.4, 0.5) is 5.69 Å². The molecule has 0 unspecified atom stereocenters. The third kappa shape index (κ3) is 4.15. The second-order valence-electron chi connectivity index (χ2n) is 5.74. The van der Waals surface area contributed by atoms with Crippen molar-refractivity contribution in [3.8, 4) is 0 Å². The highest BCUT2D eigenvalue weighted by atomic mass is 35.5. The summed E-state index contributed by atoms with van der Waals surface area (Å²) in [5.41, 5.74) is 0.833. The highest BCUT2D eigenvalue weighted by molar-refractivity contribution is 6.31. The Morgan fingerprint density at radius 2 is 2.00 bits per heavy atom. The Bertz CT molecular complexity index is 1080. The van der Waals surface area contributed by atoms with Gasteiger partial charge in [0, 0.05) is 18.0 Å². The average molecular weight is 386 g/mol. The summed E-state index contributed by atoms with van der Waals surface area (Å²) in [4.78, 5) is 40.8. The first-order valence-corrected chi connectivity index (χ1v) is 8.49. The summed E-state index contributed by atoms with van der Waals surface area (Å²) >= 11 is 5.94. The minimum Gasteiger partial charge on any atom is -0.465 e. The van der Waals surface area contributed by atoms with E-state index in [0.29, 0.717) is 15.9 Å². The lowest BCUT2D eigenvalue weighted by Crippen LogP contribution is -2.24. The molecular formula is C19H16ClN3O4. The number of fused-ring (bicyclic) bond motifs is 1. The smallest absolute Gasteiger partial charge is 0.339 e. The molecule has 3 aromatic rings. The molecule has 0 saturated heterocycles. The topological polar surface area (TPSA) is 90.3 Å². The number of hydrogen-bond donors (Lipinski definition) is 1. The van der Waals surface area contributed by atoms with Crippen molar-refractivity contribution in [3.63, 3.8) is 0 Å². The van der Waals surface area contributed by atoms with Crippen LogP contribution < -0.4 is 10.9 Å². The van der Waals surface area contributed by atoms with E-state index in [-0.39, 0.29) is 35.7 Å². The lowest BCUT2D eigenvalue weighted by atomic mass is 10.1. The van der Waals surface area contributed by atoms with Gasteiger partial charge in [-0.3, -0.25) is 14.2 Å². The number of benzene rings is 2. The van der Waals surface area contributed by atoms with Gasteiger partial charge in [0.1, 0.15) is 0 Å². The normalized spacial score (nSPS) is 10.6. The fraction of sp³-hybridized carbons (Fsp3) is 0.158. The highest BCUT2D eigenvalue weighted by Crippen LogP contribution is 2.22. The lowest BCUT2D eigenvalue weighted by molar-refractivity contribution is -0.116. The van der Waals surface area contributed by atoms with Crippen LogP contribution in [0.1, 0.15) is 16.8 Å². The number of methoxy groups -OCH3 is 1. The number of aryl methyl sites for hydroxylation is 1. The van der Waals surface area contributed by atoms with Gasteiger partial charge in [-0.05, 0) is 30.3 Å². The number of esters is 1. The number of nitrogens with zero attached hydrogens (tertiary/aromatic N) is 2. The van der Waals surface area contributed by atoms with E-state index in [2.05, 4.69) is 10.3 Å². The van der Waals surface area contributed by atoms with Gasteiger partial charge in [-0.15, -0.1) is 0 Å². The predicted octanol–water partition coefficient (Wildman–Crippen LogP) is 2.87. The van der Waals surface area contributed by atoms with Crippen LogP contribution in [0, 0.1) is 0 Å². The Kier molecular flexibility index (Phi) is 5.52. The first-order chi connectivity index (χ1) is 13.0. The van der Waals surface area contributed by atoms with Gasteiger partial charge in [-0.25, -0.2) is 9.78 Å². The minimum absolute atomic E-state index is 0.0209. The summed E-state index contributed by atoms with van der Waals surface area (Å²) in [6, 6.07) is 11.5. The van der Waals surface area contributed by atoms with E-state index in [1.165, 1.54) is 36.2 Å². The third-order valence-corrected chi connectivity index (χ3v) is 4.21. The highest BCUT2D eigenvalue weighted by Gasteiger charge is 2.15. The second kappa shape index (κ2) is 8.01. The number of hydrogen-bond acceptors (Lipinski definition) is 5. The maximum Gasteiger partial charge on any atom is 0.339 e. The standard InChI is InChI=1S/C19H16ClN3O4/c1-27-19(26)14-7-6-12(20)10-16(14)22-17(24)8-9-23-11-21-15-5-3-2-4-13(15)18(23)25/h2-7,10-11H,8-9H2,1H3,(H,22,24). The number of halogens is 1. The van der Waals surface area contributed by atoms with E-state index in [1.807, 2.05) is 0 Å². The summed E-state index contributed by atoms with van der Waals surface area (Å²) in [6.45, 7) is 0.149. The molecule has 0 bridgehead atoms. The van der Waals surface area contributed by atoms with Crippen LogP contribution in [0.2, 0.25) is 5.02 Å². The first-order valence-electron chi connectivity index (χ1n) is 8.11. The molecule has 0 aliphatic carbocycles. The second-order valence-corrected chi connectivity index (χ2v) is 6.18. The van der Waals surface area contributed by atoms with E-state index in [9.17, 15) is 14.4 Å². The largest absolute Gasteiger partial charge is 0.465 e. The number of nitrogens with one attached hydrogen (secondary N) is 1. The monoisotopic (exact) mass is 385 g/mol. The number of anilines is 1. The molecule has 8 heteroatoms. The van der Waals surface area contributed by atoms with Crippen molar-refractivity contribution < 1.29 is 14.3 Å². The van der Waals surface area contributed by atoms with Gasteiger partial charge in [0.05, 0.1) is 35.6 Å².